The Morgan fingerprint density at radius 3 is 1.76 bits per heavy atom. The number of hydrogen-bond donors (Lipinski definition) is 0. The van der Waals surface area contributed by atoms with Crippen LogP contribution >= 0.6 is 0 Å². The van der Waals surface area contributed by atoms with Gasteiger partial charge in [-0.05, 0) is 108 Å². The number of pyridine rings is 3. The summed E-state index contributed by atoms with van der Waals surface area (Å²) in [6, 6.07) is 21.0. The minimum atomic E-state index is -0.487. The van der Waals surface area contributed by atoms with Gasteiger partial charge in [0.1, 0.15) is 0 Å². The highest BCUT2D eigenvalue weighted by molar-refractivity contribution is 6.62. The van der Waals surface area contributed by atoms with E-state index in [0.29, 0.717) is 0 Å². The Kier molecular flexibility index (Phi) is 9.25. The molecule has 0 saturated carbocycles. The molecule has 1 unspecified atom stereocenters. The fraction of sp³-hybridized carbons (Fsp3) is 0.488. The van der Waals surface area contributed by atoms with Crippen LogP contribution < -0.4 is 10.9 Å². The summed E-state index contributed by atoms with van der Waals surface area (Å²) in [6.45, 7) is 25.8. The molecule has 7 nitrogen and oxygen atoms in total. The summed E-state index contributed by atoms with van der Waals surface area (Å²) >= 11 is 0. The van der Waals surface area contributed by atoms with Crippen molar-refractivity contribution in [1.82, 2.24) is 15.0 Å². The van der Waals surface area contributed by atoms with E-state index >= 15 is 0 Å². The maximum absolute atomic E-state index is 6.75. The molecule has 0 spiro atoms. The first-order chi connectivity index (χ1) is 23.2. The molecule has 3 aromatic heterocycles. The van der Waals surface area contributed by atoms with E-state index in [-0.39, 0.29) is 22.0 Å². The van der Waals surface area contributed by atoms with E-state index < -0.39 is 25.4 Å². The largest absolute Gasteiger partial charge is 0.496 e. The number of benzene rings is 1. The van der Waals surface area contributed by atoms with E-state index in [0.717, 1.165) is 52.0 Å². The van der Waals surface area contributed by atoms with Crippen molar-refractivity contribution in [3.8, 4) is 22.5 Å². The van der Waals surface area contributed by atoms with Crippen molar-refractivity contribution in [3.05, 3.63) is 90.5 Å². The molecular weight excluding hydrogens is 620 g/mol. The van der Waals surface area contributed by atoms with Gasteiger partial charge >= 0.3 is 14.2 Å². The molecule has 0 aliphatic carbocycles. The van der Waals surface area contributed by atoms with Gasteiger partial charge in [-0.1, -0.05) is 65.0 Å². The van der Waals surface area contributed by atoms with Crippen LogP contribution in [0.3, 0.4) is 0 Å². The SMILES string of the molecule is CC(C)(C)c1ccnc(-c2ccc(B3OC(C)(C)C(C)(CCC(C)(C)c4ccc(-c5ccc(B6OC(C)(C)C(C)(C)O6)cn5)cn4)O3)cc2)c1. The smallest absolute Gasteiger partial charge is 0.399 e. The van der Waals surface area contributed by atoms with Gasteiger partial charge in [-0.25, -0.2) is 0 Å². The lowest BCUT2D eigenvalue weighted by Gasteiger charge is -2.38. The molecule has 2 aliphatic rings. The summed E-state index contributed by atoms with van der Waals surface area (Å²) in [5.74, 6) is 0. The molecule has 2 saturated heterocycles. The predicted molar refractivity (Wildman–Crippen MR) is 204 cm³/mol. The summed E-state index contributed by atoms with van der Waals surface area (Å²) in [5, 5.41) is 0. The second-order valence-electron chi connectivity index (χ2n) is 17.5. The Morgan fingerprint density at radius 2 is 1.18 bits per heavy atom. The molecule has 2 fully saturated rings. The fourth-order valence-electron chi connectivity index (χ4n) is 6.48. The van der Waals surface area contributed by atoms with Gasteiger partial charge < -0.3 is 18.6 Å². The maximum atomic E-state index is 6.75. The predicted octanol–water partition coefficient (Wildman–Crippen LogP) is 7.84. The summed E-state index contributed by atoms with van der Waals surface area (Å²) in [5.41, 5.74) is 6.23. The Labute approximate surface area is 300 Å². The van der Waals surface area contributed by atoms with E-state index in [2.05, 4.69) is 137 Å². The molecule has 1 atom stereocenters. The Balaban J connectivity index is 1.09. The van der Waals surface area contributed by atoms with Crippen molar-refractivity contribution in [3.63, 3.8) is 0 Å². The first kappa shape index (κ1) is 36.4. The van der Waals surface area contributed by atoms with Gasteiger partial charge in [0.2, 0.25) is 0 Å². The standard InChI is InChI=1S/C41H53B2N3O4/c1-36(2,3)30-21-24-44-34(25-30)28-13-16-31(17-14-28)42-49-40(10,11)41(12,50-42)23-22-37(4,5)35-20-15-29(26-46-35)33-19-18-32(27-45-33)43-47-38(6,7)39(8,9)48-43/h13-21,24-27H,22-23H2,1-12H3. The van der Waals surface area contributed by atoms with Crippen LogP contribution in [0.1, 0.15) is 107 Å². The average molecular weight is 674 g/mol. The third kappa shape index (κ3) is 7.07. The van der Waals surface area contributed by atoms with Gasteiger partial charge in [0.25, 0.3) is 0 Å². The molecule has 1 aromatic carbocycles. The van der Waals surface area contributed by atoms with Gasteiger partial charge in [-0.2, -0.15) is 0 Å². The lowest BCUT2D eigenvalue weighted by Crippen LogP contribution is -2.45. The van der Waals surface area contributed by atoms with Crippen LogP contribution in [0.2, 0.25) is 0 Å². The molecule has 6 rings (SSSR count). The number of rotatable bonds is 8. The van der Waals surface area contributed by atoms with Gasteiger partial charge in [0, 0.05) is 46.3 Å². The summed E-state index contributed by atoms with van der Waals surface area (Å²) in [6.07, 6.45) is 7.35. The van der Waals surface area contributed by atoms with E-state index in [9.17, 15) is 0 Å². The third-order valence-corrected chi connectivity index (χ3v) is 11.4. The highest BCUT2D eigenvalue weighted by Gasteiger charge is 2.55. The zero-order valence-electron chi connectivity index (χ0n) is 32.0. The second-order valence-corrected chi connectivity index (χ2v) is 17.5. The minimum Gasteiger partial charge on any atom is -0.399 e. The quantitative estimate of drug-likeness (QED) is 0.177. The second kappa shape index (κ2) is 12.7. The van der Waals surface area contributed by atoms with Crippen LogP contribution in [0.5, 0.6) is 0 Å². The highest BCUT2D eigenvalue weighted by atomic mass is 16.7. The molecule has 5 heterocycles. The summed E-state index contributed by atoms with van der Waals surface area (Å²) in [4.78, 5) is 14.3. The Bertz CT molecular complexity index is 1800. The zero-order valence-corrected chi connectivity index (χ0v) is 32.0. The number of aromatic nitrogens is 3. The fourth-order valence-corrected chi connectivity index (χ4v) is 6.48. The van der Waals surface area contributed by atoms with Crippen LogP contribution in [0.15, 0.2) is 79.3 Å². The molecule has 50 heavy (non-hydrogen) atoms. The van der Waals surface area contributed by atoms with Crippen LogP contribution in [-0.4, -0.2) is 51.6 Å². The maximum Gasteiger partial charge on any atom is 0.496 e. The minimum absolute atomic E-state index is 0.0646. The first-order valence-electron chi connectivity index (χ1n) is 17.9. The molecule has 2 aliphatic heterocycles. The van der Waals surface area contributed by atoms with Gasteiger partial charge in [-0.15, -0.1) is 0 Å². The van der Waals surface area contributed by atoms with E-state index in [1.54, 1.807) is 0 Å². The van der Waals surface area contributed by atoms with Crippen LogP contribution in [0, 0.1) is 0 Å². The molecule has 262 valence electrons. The summed E-state index contributed by atoms with van der Waals surface area (Å²) < 4.78 is 25.7. The highest BCUT2D eigenvalue weighted by Crippen LogP contribution is 2.43. The van der Waals surface area contributed by atoms with Crippen LogP contribution in [0.4, 0.5) is 0 Å². The lowest BCUT2D eigenvalue weighted by atomic mass is 9.76. The summed E-state index contributed by atoms with van der Waals surface area (Å²) in [7, 11) is -0.874. The number of nitrogens with zero attached hydrogens (tertiary/aromatic N) is 3. The third-order valence-electron chi connectivity index (χ3n) is 11.4. The molecule has 4 aromatic rings. The van der Waals surface area contributed by atoms with Crippen molar-refractivity contribution in [1.29, 1.82) is 0 Å². The molecule has 9 heteroatoms. The molecule has 0 bridgehead atoms. The monoisotopic (exact) mass is 673 g/mol. The molecule has 0 amide bonds. The lowest BCUT2D eigenvalue weighted by molar-refractivity contribution is -0.0202. The topological polar surface area (TPSA) is 75.6 Å². The van der Waals surface area contributed by atoms with E-state index in [4.69, 9.17) is 28.6 Å². The van der Waals surface area contributed by atoms with E-state index in [1.807, 2.05) is 30.7 Å². The zero-order chi connectivity index (χ0) is 36.3. The van der Waals surface area contributed by atoms with Crippen molar-refractivity contribution >= 4 is 25.2 Å². The Morgan fingerprint density at radius 1 is 0.580 bits per heavy atom. The number of hydrogen-bond acceptors (Lipinski definition) is 7. The molecule has 0 radical (unpaired) electrons. The first-order valence-corrected chi connectivity index (χ1v) is 17.9. The average Bonchev–Trinajstić information content (AvgIpc) is 3.44. The van der Waals surface area contributed by atoms with Gasteiger partial charge in [-0.3, -0.25) is 15.0 Å². The van der Waals surface area contributed by atoms with Gasteiger partial charge in [0.15, 0.2) is 0 Å². The van der Waals surface area contributed by atoms with Crippen molar-refractivity contribution in [2.24, 2.45) is 0 Å². The van der Waals surface area contributed by atoms with Crippen molar-refractivity contribution in [2.45, 2.75) is 129 Å². The van der Waals surface area contributed by atoms with Crippen LogP contribution in [-0.2, 0) is 29.4 Å². The molecule has 0 N–H and O–H groups in total. The van der Waals surface area contributed by atoms with Gasteiger partial charge in [0.05, 0.1) is 33.8 Å². The van der Waals surface area contributed by atoms with E-state index in [1.165, 1.54) is 5.56 Å². The molecular formula is C41H53B2N3O4. The normalized spacial score (nSPS) is 21.5. The van der Waals surface area contributed by atoms with Crippen molar-refractivity contribution < 1.29 is 18.6 Å². The Hall–Kier alpha value is -3.36. The van der Waals surface area contributed by atoms with Crippen molar-refractivity contribution in [2.75, 3.05) is 0 Å². The van der Waals surface area contributed by atoms with Crippen LogP contribution in [0.25, 0.3) is 22.5 Å².